The number of hydrogen-bond donors (Lipinski definition) is 2. The molecule has 0 bridgehead atoms. The van der Waals surface area contributed by atoms with E-state index in [-0.39, 0.29) is 11.9 Å². The standard InChI is InChI=1S/C11H22N2O/c1-5-8-9(4)13-10(14)11(12,6-2)7-3/h5,9H,1,6-8,12H2,2-4H3,(H,13,14). The molecule has 0 aliphatic heterocycles. The van der Waals surface area contributed by atoms with Crippen LogP contribution in [0.3, 0.4) is 0 Å². The first-order valence-corrected chi connectivity index (χ1v) is 5.20. The van der Waals surface area contributed by atoms with Gasteiger partial charge in [-0.2, -0.15) is 0 Å². The maximum Gasteiger partial charge on any atom is 0.240 e. The highest BCUT2D eigenvalue weighted by Gasteiger charge is 2.30. The molecule has 0 aliphatic carbocycles. The van der Waals surface area contributed by atoms with Crippen LogP contribution in [0.5, 0.6) is 0 Å². The summed E-state index contributed by atoms with van der Waals surface area (Å²) in [7, 11) is 0. The Morgan fingerprint density at radius 3 is 2.43 bits per heavy atom. The Hall–Kier alpha value is -0.830. The molecular weight excluding hydrogens is 176 g/mol. The first kappa shape index (κ1) is 13.2. The molecule has 0 rings (SSSR count). The molecule has 0 aromatic rings. The maximum absolute atomic E-state index is 11.7. The average molecular weight is 198 g/mol. The maximum atomic E-state index is 11.7. The molecular formula is C11H22N2O. The molecule has 3 heteroatoms. The number of amides is 1. The second-order valence-electron chi connectivity index (χ2n) is 3.76. The number of nitrogens with two attached hydrogens (primary N) is 1. The number of carbonyl (C=O) groups is 1. The number of carbonyl (C=O) groups excluding carboxylic acids is 1. The summed E-state index contributed by atoms with van der Waals surface area (Å²) in [4.78, 5) is 11.7. The van der Waals surface area contributed by atoms with Gasteiger partial charge in [-0.1, -0.05) is 19.9 Å². The second-order valence-corrected chi connectivity index (χ2v) is 3.76. The smallest absolute Gasteiger partial charge is 0.240 e. The minimum atomic E-state index is -0.713. The lowest BCUT2D eigenvalue weighted by Crippen LogP contribution is -2.54. The molecule has 0 radical (unpaired) electrons. The van der Waals surface area contributed by atoms with Gasteiger partial charge in [0.25, 0.3) is 0 Å². The van der Waals surface area contributed by atoms with Crippen LogP contribution in [0.4, 0.5) is 0 Å². The molecule has 3 nitrogen and oxygen atoms in total. The van der Waals surface area contributed by atoms with E-state index in [1.807, 2.05) is 20.8 Å². The molecule has 0 spiro atoms. The van der Waals surface area contributed by atoms with Crippen molar-refractivity contribution in [3.8, 4) is 0 Å². The van der Waals surface area contributed by atoms with E-state index in [9.17, 15) is 4.79 Å². The Balaban J connectivity index is 4.24. The third-order valence-corrected chi connectivity index (χ3v) is 2.61. The number of rotatable bonds is 6. The molecule has 0 heterocycles. The van der Waals surface area contributed by atoms with E-state index in [1.54, 1.807) is 6.08 Å². The summed E-state index contributed by atoms with van der Waals surface area (Å²) in [6.07, 6.45) is 3.89. The van der Waals surface area contributed by atoms with Gasteiger partial charge in [0.05, 0.1) is 5.54 Å². The molecule has 0 saturated heterocycles. The number of nitrogens with one attached hydrogen (secondary N) is 1. The number of hydrogen-bond acceptors (Lipinski definition) is 2. The zero-order valence-corrected chi connectivity index (χ0v) is 9.47. The van der Waals surface area contributed by atoms with Crippen molar-refractivity contribution < 1.29 is 4.79 Å². The minimum absolute atomic E-state index is 0.0585. The summed E-state index contributed by atoms with van der Waals surface area (Å²) in [5.41, 5.74) is 5.23. The zero-order chi connectivity index (χ0) is 11.2. The highest BCUT2D eigenvalue weighted by molar-refractivity contribution is 5.86. The summed E-state index contributed by atoms with van der Waals surface area (Å²) >= 11 is 0. The zero-order valence-electron chi connectivity index (χ0n) is 9.47. The fourth-order valence-corrected chi connectivity index (χ4v) is 1.25. The van der Waals surface area contributed by atoms with Gasteiger partial charge in [-0.05, 0) is 26.2 Å². The summed E-state index contributed by atoms with van der Waals surface area (Å²) in [5, 5.41) is 2.89. The van der Waals surface area contributed by atoms with E-state index >= 15 is 0 Å². The van der Waals surface area contributed by atoms with Crippen LogP contribution in [0.15, 0.2) is 12.7 Å². The molecule has 0 fully saturated rings. The topological polar surface area (TPSA) is 55.1 Å². The predicted molar refractivity (Wildman–Crippen MR) is 59.9 cm³/mol. The monoisotopic (exact) mass is 198 g/mol. The Kier molecular flexibility index (Phi) is 5.46. The second kappa shape index (κ2) is 5.81. The largest absolute Gasteiger partial charge is 0.352 e. The van der Waals surface area contributed by atoms with Crippen LogP contribution >= 0.6 is 0 Å². The Morgan fingerprint density at radius 2 is 2.07 bits per heavy atom. The quantitative estimate of drug-likeness (QED) is 0.637. The summed E-state index contributed by atoms with van der Waals surface area (Å²) in [6.45, 7) is 9.44. The van der Waals surface area contributed by atoms with Gasteiger partial charge in [0.15, 0.2) is 0 Å². The lowest BCUT2D eigenvalue weighted by atomic mass is 9.93. The van der Waals surface area contributed by atoms with E-state index < -0.39 is 5.54 Å². The van der Waals surface area contributed by atoms with Crippen LogP contribution < -0.4 is 11.1 Å². The van der Waals surface area contributed by atoms with Crippen LogP contribution in [0.1, 0.15) is 40.0 Å². The van der Waals surface area contributed by atoms with Gasteiger partial charge >= 0.3 is 0 Å². The highest BCUT2D eigenvalue weighted by atomic mass is 16.2. The molecule has 82 valence electrons. The highest BCUT2D eigenvalue weighted by Crippen LogP contribution is 2.11. The Bertz CT molecular complexity index is 197. The van der Waals surface area contributed by atoms with Gasteiger partial charge in [-0.15, -0.1) is 6.58 Å². The lowest BCUT2D eigenvalue weighted by molar-refractivity contribution is -0.127. The average Bonchev–Trinajstić information content (AvgIpc) is 2.16. The molecule has 1 atom stereocenters. The first-order chi connectivity index (χ1) is 6.50. The van der Waals surface area contributed by atoms with Crippen LogP contribution in [-0.2, 0) is 4.79 Å². The van der Waals surface area contributed by atoms with Crippen molar-refractivity contribution in [3.05, 3.63) is 12.7 Å². The third-order valence-electron chi connectivity index (χ3n) is 2.61. The Labute approximate surface area is 86.8 Å². The van der Waals surface area contributed by atoms with E-state index in [2.05, 4.69) is 11.9 Å². The molecule has 0 aromatic heterocycles. The van der Waals surface area contributed by atoms with Crippen molar-refractivity contribution >= 4 is 5.91 Å². The van der Waals surface area contributed by atoms with Gasteiger partial charge in [0, 0.05) is 6.04 Å². The third kappa shape index (κ3) is 3.50. The molecule has 0 aliphatic rings. The summed E-state index contributed by atoms with van der Waals surface area (Å²) in [5.74, 6) is -0.0585. The fraction of sp³-hybridized carbons (Fsp3) is 0.727. The first-order valence-electron chi connectivity index (χ1n) is 5.20. The SMILES string of the molecule is C=CCC(C)NC(=O)C(N)(CC)CC. The lowest BCUT2D eigenvalue weighted by Gasteiger charge is -2.27. The van der Waals surface area contributed by atoms with Crippen molar-refractivity contribution in [2.24, 2.45) is 5.73 Å². The predicted octanol–water partition coefficient (Wildman–Crippen LogP) is 1.58. The van der Waals surface area contributed by atoms with E-state index in [1.165, 1.54) is 0 Å². The van der Waals surface area contributed by atoms with Crippen molar-refractivity contribution in [1.29, 1.82) is 0 Å². The normalized spacial score (nSPS) is 13.4. The molecule has 0 saturated carbocycles. The van der Waals surface area contributed by atoms with Gasteiger partial charge in [0.2, 0.25) is 5.91 Å². The summed E-state index contributed by atoms with van der Waals surface area (Å²) in [6, 6.07) is 0.112. The van der Waals surface area contributed by atoms with Gasteiger partial charge in [-0.25, -0.2) is 0 Å². The van der Waals surface area contributed by atoms with Gasteiger partial charge in [-0.3, -0.25) is 4.79 Å². The molecule has 3 N–H and O–H groups in total. The molecule has 0 aromatic carbocycles. The van der Waals surface area contributed by atoms with E-state index in [0.29, 0.717) is 12.8 Å². The van der Waals surface area contributed by atoms with Crippen molar-refractivity contribution in [2.75, 3.05) is 0 Å². The molecule has 1 unspecified atom stereocenters. The van der Waals surface area contributed by atoms with Crippen LogP contribution in [0.25, 0.3) is 0 Å². The molecule has 14 heavy (non-hydrogen) atoms. The molecule has 1 amide bonds. The minimum Gasteiger partial charge on any atom is -0.352 e. The van der Waals surface area contributed by atoms with Gasteiger partial charge < -0.3 is 11.1 Å². The van der Waals surface area contributed by atoms with Gasteiger partial charge in [0.1, 0.15) is 0 Å². The summed E-state index contributed by atoms with van der Waals surface area (Å²) < 4.78 is 0. The fourth-order valence-electron chi connectivity index (χ4n) is 1.25. The van der Waals surface area contributed by atoms with E-state index in [4.69, 9.17) is 5.73 Å². The van der Waals surface area contributed by atoms with Crippen molar-refractivity contribution in [1.82, 2.24) is 5.32 Å². The van der Waals surface area contributed by atoms with E-state index in [0.717, 1.165) is 6.42 Å². The van der Waals surface area contributed by atoms with Crippen molar-refractivity contribution in [2.45, 2.75) is 51.6 Å². The van der Waals surface area contributed by atoms with Crippen LogP contribution in [0, 0.1) is 0 Å². The van der Waals surface area contributed by atoms with Crippen LogP contribution in [0.2, 0.25) is 0 Å². The van der Waals surface area contributed by atoms with Crippen LogP contribution in [-0.4, -0.2) is 17.5 Å². The Morgan fingerprint density at radius 1 is 1.57 bits per heavy atom. The van der Waals surface area contributed by atoms with Crippen molar-refractivity contribution in [3.63, 3.8) is 0 Å².